The molecule has 0 saturated heterocycles. The summed E-state index contributed by atoms with van der Waals surface area (Å²) in [4.78, 5) is 27.5. The highest BCUT2D eigenvalue weighted by atomic mass is 16.1. The molecule has 0 saturated carbocycles. The fraction of sp³-hybridized carbons (Fsp3) is 0.304. The third-order valence-corrected chi connectivity index (χ3v) is 4.98. The molecule has 2 N–H and O–H groups in total. The molecular formula is C23H26N2O2. The summed E-state index contributed by atoms with van der Waals surface area (Å²) in [5.41, 5.74) is 2.62. The van der Waals surface area contributed by atoms with Crippen LogP contribution in [0.2, 0.25) is 0 Å². The molecule has 0 fully saturated rings. The van der Waals surface area contributed by atoms with Gasteiger partial charge in [-0.05, 0) is 41.3 Å². The molecule has 0 radical (unpaired) electrons. The SMILES string of the molecule is CC(C)C(CC(=O)NCCc1cc2ccccc2[nH]c1=O)c1ccccc1. The van der Waals surface area contributed by atoms with Crippen LogP contribution in [-0.2, 0) is 11.2 Å². The number of H-pyrrole nitrogens is 1. The predicted octanol–water partition coefficient (Wildman–Crippen LogP) is 4.02. The summed E-state index contributed by atoms with van der Waals surface area (Å²) < 4.78 is 0. The first-order valence-electron chi connectivity index (χ1n) is 9.47. The van der Waals surface area contributed by atoms with Crippen molar-refractivity contribution in [3.8, 4) is 0 Å². The van der Waals surface area contributed by atoms with Crippen LogP contribution in [-0.4, -0.2) is 17.4 Å². The van der Waals surface area contributed by atoms with Crippen LogP contribution < -0.4 is 10.9 Å². The Bertz CT molecular complexity index is 961. The highest BCUT2D eigenvalue weighted by Gasteiger charge is 2.19. The van der Waals surface area contributed by atoms with Crippen molar-refractivity contribution in [3.05, 3.63) is 82.1 Å². The number of pyridine rings is 1. The standard InChI is InChI=1S/C23H26N2O2/c1-16(2)20(17-8-4-3-5-9-17)15-22(26)24-13-12-19-14-18-10-6-7-11-21(18)25-23(19)27/h3-11,14,16,20H,12-13,15H2,1-2H3,(H,24,26)(H,25,27). The van der Waals surface area contributed by atoms with Crippen LogP contribution in [0.25, 0.3) is 10.9 Å². The molecule has 0 aliphatic heterocycles. The number of hydrogen-bond acceptors (Lipinski definition) is 2. The number of para-hydroxylation sites is 1. The quantitative estimate of drug-likeness (QED) is 0.667. The first-order chi connectivity index (χ1) is 13.0. The van der Waals surface area contributed by atoms with E-state index < -0.39 is 0 Å². The number of aromatic amines is 1. The van der Waals surface area contributed by atoms with Crippen molar-refractivity contribution in [1.29, 1.82) is 0 Å². The second kappa shape index (κ2) is 8.67. The summed E-state index contributed by atoms with van der Waals surface area (Å²) >= 11 is 0. The van der Waals surface area contributed by atoms with Gasteiger partial charge in [0.1, 0.15) is 0 Å². The summed E-state index contributed by atoms with van der Waals surface area (Å²) in [6.45, 7) is 4.74. The molecule has 1 aromatic heterocycles. The average molecular weight is 362 g/mol. The summed E-state index contributed by atoms with van der Waals surface area (Å²) in [7, 11) is 0. The van der Waals surface area contributed by atoms with Crippen molar-refractivity contribution in [2.75, 3.05) is 6.54 Å². The molecule has 1 heterocycles. The molecule has 4 nitrogen and oxygen atoms in total. The Morgan fingerprint density at radius 1 is 1.04 bits per heavy atom. The van der Waals surface area contributed by atoms with Crippen LogP contribution in [0, 0.1) is 5.92 Å². The molecule has 0 bridgehead atoms. The number of benzene rings is 2. The summed E-state index contributed by atoms with van der Waals surface area (Å²) in [5, 5.41) is 3.97. The normalized spacial score (nSPS) is 12.3. The number of fused-ring (bicyclic) bond motifs is 1. The van der Waals surface area contributed by atoms with E-state index >= 15 is 0 Å². The van der Waals surface area contributed by atoms with Crippen LogP contribution in [0.1, 0.15) is 37.3 Å². The van der Waals surface area contributed by atoms with Gasteiger partial charge in [-0.2, -0.15) is 0 Å². The first-order valence-corrected chi connectivity index (χ1v) is 9.47. The molecule has 2 aromatic carbocycles. The van der Waals surface area contributed by atoms with Gasteiger partial charge in [-0.15, -0.1) is 0 Å². The molecule has 3 rings (SSSR count). The van der Waals surface area contributed by atoms with Crippen molar-refractivity contribution in [2.24, 2.45) is 5.92 Å². The highest BCUT2D eigenvalue weighted by molar-refractivity contribution is 5.79. The number of carbonyl (C=O) groups is 1. The molecule has 1 unspecified atom stereocenters. The van der Waals surface area contributed by atoms with Gasteiger partial charge in [-0.25, -0.2) is 0 Å². The van der Waals surface area contributed by atoms with E-state index in [2.05, 4.69) is 36.3 Å². The third kappa shape index (κ3) is 4.85. The van der Waals surface area contributed by atoms with Crippen molar-refractivity contribution in [2.45, 2.75) is 32.6 Å². The molecule has 0 aliphatic rings. The summed E-state index contributed by atoms with van der Waals surface area (Å²) in [5.74, 6) is 0.589. The maximum Gasteiger partial charge on any atom is 0.251 e. The van der Waals surface area contributed by atoms with Gasteiger partial charge in [0.05, 0.1) is 0 Å². The third-order valence-electron chi connectivity index (χ3n) is 4.98. The second-order valence-electron chi connectivity index (χ2n) is 7.28. The monoisotopic (exact) mass is 362 g/mol. The van der Waals surface area contributed by atoms with E-state index in [-0.39, 0.29) is 17.4 Å². The van der Waals surface area contributed by atoms with Gasteiger partial charge in [0.15, 0.2) is 0 Å². The van der Waals surface area contributed by atoms with Crippen molar-refractivity contribution in [1.82, 2.24) is 10.3 Å². The maximum atomic E-state index is 12.4. The Morgan fingerprint density at radius 3 is 2.48 bits per heavy atom. The lowest BCUT2D eigenvalue weighted by atomic mass is 9.85. The molecule has 0 aliphatic carbocycles. The van der Waals surface area contributed by atoms with Crippen LogP contribution in [0.3, 0.4) is 0 Å². The lowest BCUT2D eigenvalue weighted by molar-refractivity contribution is -0.121. The van der Waals surface area contributed by atoms with Crippen LogP contribution in [0.4, 0.5) is 0 Å². The zero-order chi connectivity index (χ0) is 19.2. The second-order valence-corrected chi connectivity index (χ2v) is 7.28. The number of aromatic nitrogens is 1. The average Bonchev–Trinajstić information content (AvgIpc) is 2.67. The molecule has 0 spiro atoms. The minimum Gasteiger partial charge on any atom is -0.356 e. The summed E-state index contributed by atoms with van der Waals surface area (Å²) in [6.07, 6.45) is 0.972. The van der Waals surface area contributed by atoms with Gasteiger partial charge < -0.3 is 10.3 Å². The summed E-state index contributed by atoms with van der Waals surface area (Å²) in [6, 6.07) is 19.8. The van der Waals surface area contributed by atoms with Gasteiger partial charge in [0.2, 0.25) is 5.91 Å². The van der Waals surface area contributed by atoms with Gasteiger partial charge in [-0.1, -0.05) is 62.4 Å². The van der Waals surface area contributed by atoms with E-state index in [1.54, 1.807) is 0 Å². The smallest absolute Gasteiger partial charge is 0.251 e. The molecule has 1 amide bonds. The van der Waals surface area contributed by atoms with E-state index in [4.69, 9.17) is 0 Å². The lowest BCUT2D eigenvalue weighted by Gasteiger charge is -2.21. The van der Waals surface area contributed by atoms with E-state index in [1.807, 2.05) is 48.5 Å². The largest absolute Gasteiger partial charge is 0.356 e. The molecule has 1 atom stereocenters. The molecule has 140 valence electrons. The topological polar surface area (TPSA) is 62.0 Å². The first kappa shape index (κ1) is 18.9. The Labute approximate surface area is 159 Å². The fourth-order valence-corrected chi connectivity index (χ4v) is 3.43. The predicted molar refractivity (Wildman–Crippen MR) is 110 cm³/mol. The Morgan fingerprint density at radius 2 is 1.74 bits per heavy atom. The van der Waals surface area contributed by atoms with Crippen LogP contribution >= 0.6 is 0 Å². The number of amides is 1. The van der Waals surface area contributed by atoms with Gasteiger partial charge in [0.25, 0.3) is 5.56 Å². The maximum absolute atomic E-state index is 12.4. The van der Waals surface area contributed by atoms with E-state index in [9.17, 15) is 9.59 Å². The molecule has 27 heavy (non-hydrogen) atoms. The zero-order valence-electron chi connectivity index (χ0n) is 15.9. The number of rotatable bonds is 7. The van der Waals surface area contributed by atoms with Crippen molar-refractivity contribution < 1.29 is 4.79 Å². The number of hydrogen-bond donors (Lipinski definition) is 2. The Balaban J connectivity index is 1.59. The lowest BCUT2D eigenvalue weighted by Crippen LogP contribution is -2.29. The van der Waals surface area contributed by atoms with Crippen LogP contribution in [0.15, 0.2) is 65.5 Å². The van der Waals surface area contributed by atoms with Crippen LogP contribution in [0.5, 0.6) is 0 Å². The fourth-order valence-electron chi connectivity index (χ4n) is 3.43. The number of nitrogens with one attached hydrogen (secondary N) is 2. The van der Waals surface area contributed by atoms with E-state index in [0.29, 0.717) is 30.9 Å². The van der Waals surface area contributed by atoms with Gasteiger partial charge in [-0.3, -0.25) is 9.59 Å². The molecular weight excluding hydrogens is 336 g/mol. The number of carbonyl (C=O) groups excluding carboxylic acids is 1. The van der Waals surface area contributed by atoms with E-state index in [1.165, 1.54) is 5.56 Å². The van der Waals surface area contributed by atoms with Gasteiger partial charge in [0, 0.05) is 24.0 Å². The molecule has 3 aromatic rings. The minimum absolute atomic E-state index is 0.0229. The van der Waals surface area contributed by atoms with Gasteiger partial charge >= 0.3 is 0 Å². The van der Waals surface area contributed by atoms with Crippen molar-refractivity contribution in [3.63, 3.8) is 0 Å². The minimum atomic E-state index is -0.0905. The van der Waals surface area contributed by atoms with Crippen molar-refractivity contribution >= 4 is 16.8 Å². The van der Waals surface area contributed by atoms with E-state index in [0.717, 1.165) is 10.9 Å². The Kier molecular flexibility index (Phi) is 6.07. The highest BCUT2D eigenvalue weighted by Crippen LogP contribution is 2.27. The Hall–Kier alpha value is -2.88. The zero-order valence-corrected chi connectivity index (χ0v) is 15.9. The molecule has 4 heteroatoms.